The van der Waals surface area contributed by atoms with Gasteiger partial charge in [0.2, 0.25) is 0 Å². The Bertz CT molecular complexity index is 388. The van der Waals surface area contributed by atoms with Crippen LogP contribution < -0.4 is 10.6 Å². The summed E-state index contributed by atoms with van der Waals surface area (Å²) < 4.78 is 5.99. The van der Waals surface area contributed by atoms with E-state index in [1.807, 2.05) is 19.1 Å². The normalized spacial score (nSPS) is 40.8. The van der Waals surface area contributed by atoms with E-state index in [4.69, 9.17) is 4.74 Å². The molecule has 86 valence electrons. The Kier molecular flexibility index (Phi) is 1.99. The predicted molar refractivity (Wildman–Crippen MR) is 59.5 cm³/mol. The molecule has 0 spiro atoms. The molecule has 16 heavy (non-hydrogen) atoms. The molecule has 2 fully saturated rings. The van der Waals surface area contributed by atoms with Crippen molar-refractivity contribution in [3.63, 3.8) is 0 Å². The number of allylic oxidation sites excluding steroid dienone is 4. The van der Waals surface area contributed by atoms with Crippen LogP contribution in [0.4, 0.5) is 4.79 Å². The number of carbonyl (C=O) groups excluding carboxylic acids is 1. The molecule has 4 heteroatoms. The highest BCUT2D eigenvalue weighted by molar-refractivity contribution is 5.75. The van der Waals surface area contributed by atoms with Gasteiger partial charge in [0.25, 0.3) is 0 Å². The molecular weight excluding hydrogens is 204 g/mol. The second kappa shape index (κ2) is 3.27. The van der Waals surface area contributed by atoms with E-state index >= 15 is 0 Å². The molecule has 0 aromatic heterocycles. The largest absolute Gasteiger partial charge is 0.472 e. The third-order valence-corrected chi connectivity index (χ3v) is 3.77. The third-order valence-electron chi connectivity index (χ3n) is 3.77. The van der Waals surface area contributed by atoms with Crippen LogP contribution in [0.5, 0.6) is 0 Å². The fourth-order valence-corrected chi connectivity index (χ4v) is 2.78. The molecule has 2 saturated heterocycles. The summed E-state index contributed by atoms with van der Waals surface area (Å²) in [5.74, 6) is 1.85. The quantitative estimate of drug-likeness (QED) is 0.650. The number of carbonyl (C=O) groups is 1. The van der Waals surface area contributed by atoms with Gasteiger partial charge in [-0.25, -0.2) is 4.79 Å². The molecule has 3 aliphatic rings. The Labute approximate surface area is 94.7 Å². The average molecular weight is 220 g/mol. The fourth-order valence-electron chi connectivity index (χ4n) is 2.78. The van der Waals surface area contributed by atoms with E-state index in [1.165, 1.54) is 0 Å². The van der Waals surface area contributed by atoms with Crippen molar-refractivity contribution in [1.82, 2.24) is 10.6 Å². The van der Waals surface area contributed by atoms with Crippen molar-refractivity contribution in [1.29, 1.82) is 0 Å². The topological polar surface area (TPSA) is 50.4 Å². The lowest BCUT2D eigenvalue weighted by atomic mass is 9.79. The zero-order valence-electron chi connectivity index (χ0n) is 9.32. The van der Waals surface area contributed by atoms with Crippen LogP contribution in [0.1, 0.15) is 19.8 Å². The van der Waals surface area contributed by atoms with Crippen molar-refractivity contribution in [2.75, 3.05) is 6.54 Å². The second-order valence-corrected chi connectivity index (χ2v) is 4.91. The minimum absolute atomic E-state index is 0.135. The summed E-state index contributed by atoms with van der Waals surface area (Å²) in [5.41, 5.74) is -0.532. The van der Waals surface area contributed by atoms with Gasteiger partial charge in [-0.2, -0.15) is 0 Å². The summed E-state index contributed by atoms with van der Waals surface area (Å²) in [5, 5.41) is 5.72. The van der Waals surface area contributed by atoms with Gasteiger partial charge in [-0.3, -0.25) is 0 Å². The molecule has 0 radical (unpaired) electrons. The molecule has 2 N–H and O–H groups in total. The molecule has 0 aromatic carbocycles. The first-order valence-electron chi connectivity index (χ1n) is 5.79. The standard InChI is InChI=1S/C12H16N2O2/c1-12-9(7-13-11(15)14-12)6-8-4-2-3-5-10(8)16-12/h2-3,5,8-9H,4,6-7H2,1H3,(H2,13,14,15). The lowest BCUT2D eigenvalue weighted by Crippen LogP contribution is -2.65. The van der Waals surface area contributed by atoms with Gasteiger partial charge in [-0.05, 0) is 25.8 Å². The predicted octanol–water partition coefficient (Wildman–Crippen LogP) is 1.51. The van der Waals surface area contributed by atoms with E-state index in [0.717, 1.165) is 18.6 Å². The van der Waals surface area contributed by atoms with Crippen molar-refractivity contribution < 1.29 is 9.53 Å². The lowest BCUT2D eigenvalue weighted by molar-refractivity contribution is -0.104. The number of urea groups is 1. The molecule has 3 atom stereocenters. The highest BCUT2D eigenvalue weighted by atomic mass is 16.5. The van der Waals surface area contributed by atoms with Crippen LogP contribution in [-0.4, -0.2) is 18.3 Å². The average Bonchev–Trinajstić information content (AvgIpc) is 2.25. The first-order valence-corrected chi connectivity index (χ1v) is 5.79. The number of amides is 2. The molecule has 2 amide bonds. The molecule has 0 bridgehead atoms. The van der Waals surface area contributed by atoms with Crippen molar-refractivity contribution >= 4 is 6.03 Å². The SMILES string of the molecule is CC12NC(=O)NCC1CC1CC=CC=C1O2. The molecule has 0 aromatic rings. The summed E-state index contributed by atoms with van der Waals surface area (Å²) in [6.07, 6.45) is 8.34. The van der Waals surface area contributed by atoms with Crippen LogP contribution >= 0.6 is 0 Å². The van der Waals surface area contributed by atoms with Crippen LogP contribution in [0, 0.1) is 11.8 Å². The summed E-state index contributed by atoms with van der Waals surface area (Å²) in [4.78, 5) is 11.3. The minimum atomic E-state index is -0.532. The summed E-state index contributed by atoms with van der Waals surface area (Å²) >= 11 is 0. The maximum absolute atomic E-state index is 11.3. The van der Waals surface area contributed by atoms with Crippen LogP contribution in [0.25, 0.3) is 0 Å². The van der Waals surface area contributed by atoms with E-state index in [-0.39, 0.29) is 6.03 Å². The third kappa shape index (κ3) is 1.40. The maximum atomic E-state index is 11.3. The van der Waals surface area contributed by atoms with Gasteiger partial charge in [0.05, 0.1) is 0 Å². The Morgan fingerprint density at radius 2 is 2.44 bits per heavy atom. The van der Waals surface area contributed by atoms with Gasteiger partial charge in [-0.1, -0.05) is 12.2 Å². The Morgan fingerprint density at radius 1 is 1.56 bits per heavy atom. The zero-order chi connectivity index (χ0) is 11.2. The molecule has 4 nitrogen and oxygen atoms in total. The number of ether oxygens (including phenoxy) is 1. The van der Waals surface area contributed by atoms with Gasteiger partial charge >= 0.3 is 6.03 Å². The molecule has 1 aliphatic carbocycles. The Morgan fingerprint density at radius 3 is 3.31 bits per heavy atom. The Balaban J connectivity index is 1.88. The van der Waals surface area contributed by atoms with E-state index in [2.05, 4.69) is 16.7 Å². The lowest BCUT2D eigenvalue weighted by Gasteiger charge is -2.48. The number of fused-ring (bicyclic) bond motifs is 2. The monoisotopic (exact) mass is 220 g/mol. The molecule has 3 rings (SSSR count). The van der Waals surface area contributed by atoms with Crippen LogP contribution in [0.3, 0.4) is 0 Å². The van der Waals surface area contributed by atoms with Gasteiger partial charge in [0.1, 0.15) is 5.76 Å². The smallest absolute Gasteiger partial charge is 0.317 e. The highest BCUT2D eigenvalue weighted by Gasteiger charge is 2.47. The maximum Gasteiger partial charge on any atom is 0.317 e. The molecule has 2 aliphatic heterocycles. The number of rotatable bonds is 0. The number of nitrogens with one attached hydrogen (secondary N) is 2. The highest BCUT2D eigenvalue weighted by Crippen LogP contribution is 2.41. The molecule has 3 unspecified atom stereocenters. The van der Waals surface area contributed by atoms with Crippen LogP contribution in [-0.2, 0) is 4.74 Å². The van der Waals surface area contributed by atoms with Crippen molar-refractivity contribution in [2.45, 2.75) is 25.5 Å². The first kappa shape index (κ1) is 9.75. The Hall–Kier alpha value is -1.45. The molecule has 0 saturated carbocycles. The fraction of sp³-hybridized carbons (Fsp3) is 0.583. The van der Waals surface area contributed by atoms with Crippen LogP contribution in [0.2, 0.25) is 0 Å². The summed E-state index contributed by atoms with van der Waals surface area (Å²) in [6.45, 7) is 2.67. The number of hydrogen-bond acceptors (Lipinski definition) is 2. The van der Waals surface area contributed by atoms with E-state index in [0.29, 0.717) is 18.4 Å². The van der Waals surface area contributed by atoms with Crippen LogP contribution in [0.15, 0.2) is 24.0 Å². The van der Waals surface area contributed by atoms with Gasteiger partial charge in [-0.15, -0.1) is 0 Å². The minimum Gasteiger partial charge on any atom is -0.472 e. The van der Waals surface area contributed by atoms with Crippen molar-refractivity contribution in [3.8, 4) is 0 Å². The van der Waals surface area contributed by atoms with Crippen molar-refractivity contribution in [3.05, 3.63) is 24.0 Å². The van der Waals surface area contributed by atoms with Crippen molar-refractivity contribution in [2.24, 2.45) is 11.8 Å². The van der Waals surface area contributed by atoms with Gasteiger partial charge in [0, 0.05) is 18.4 Å². The summed E-state index contributed by atoms with van der Waals surface area (Å²) in [7, 11) is 0. The first-order chi connectivity index (χ1) is 7.67. The van der Waals surface area contributed by atoms with E-state index in [1.54, 1.807) is 0 Å². The van der Waals surface area contributed by atoms with Gasteiger partial charge < -0.3 is 15.4 Å². The zero-order valence-corrected chi connectivity index (χ0v) is 9.32. The molecule has 2 heterocycles. The second-order valence-electron chi connectivity index (χ2n) is 4.91. The van der Waals surface area contributed by atoms with Gasteiger partial charge in [0.15, 0.2) is 5.72 Å². The van der Waals surface area contributed by atoms with E-state index < -0.39 is 5.72 Å². The summed E-state index contributed by atoms with van der Waals surface area (Å²) in [6, 6.07) is -0.135. The van der Waals surface area contributed by atoms with E-state index in [9.17, 15) is 4.79 Å². The molecular formula is C12H16N2O2. The number of hydrogen-bond donors (Lipinski definition) is 2.